The lowest BCUT2D eigenvalue weighted by atomic mass is 9.74. The smallest absolute Gasteiger partial charge is 0.0544 e. The maximum Gasteiger partial charge on any atom is 0.0544 e. The first-order chi connectivity index (χ1) is 10.2. The summed E-state index contributed by atoms with van der Waals surface area (Å²) in [6, 6.07) is 6.17. The molecule has 0 spiro atoms. The number of hydrogen-bond donors (Lipinski definition) is 1. The first-order valence-corrected chi connectivity index (χ1v) is 8.59. The van der Waals surface area contributed by atoms with Gasteiger partial charge in [-0.2, -0.15) is 0 Å². The molecule has 1 aliphatic rings. The van der Waals surface area contributed by atoms with Crippen LogP contribution in [-0.4, -0.2) is 28.5 Å². The number of pyridine rings is 1. The van der Waals surface area contributed by atoms with E-state index in [-0.39, 0.29) is 5.54 Å². The molecule has 1 saturated carbocycles. The molecule has 2 N–H and O–H groups in total. The monoisotopic (exact) mass is 289 g/mol. The molecule has 0 unspecified atom stereocenters. The Morgan fingerprint density at radius 2 is 2.05 bits per heavy atom. The van der Waals surface area contributed by atoms with E-state index in [4.69, 9.17) is 5.73 Å². The van der Waals surface area contributed by atoms with Gasteiger partial charge in [0.15, 0.2) is 0 Å². The number of rotatable bonds is 7. The molecule has 1 fully saturated rings. The van der Waals surface area contributed by atoms with Gasteiger partial charge in [0, 0.05) is 24.8 Å². The van der Waals surface area contributed by atoms with E-state index in [0.717, 1.165) is 31.2 Å². The second kappa shape index (κ2) is 7.90. The van der Waals surface area contributed by atoms with Gasteiger partial charge in [-0.3, -0.25) is 9.88 Å². The van der Waals surface area contributed by atoms with Crippen molar-refractivity contribution >= 4 is 0 Å². The Labute approximate surface area is 129 Å². The third-order valence-electron chi connectivity index (χ3n) is 5.24. The van der Waals surface area contributed by atoms with Crippen LogP contribution >= 0.6 is 0 Å². The lowest BCUT2D eigenvalue weighted by molar-refractivity contribution is 0.0375. The molecule has 0 saturated heterocycles. The van der Waals surface area contributed by atoms with Crippen LogP contribution in [0.25, 0.3) is 0 Å². The molecule has 1 aromatic rings. The summed E-state index contributed by atoms with van der Waals surface area (Å²) < 4.78 is 0. The van der Waals surface area contributed by atoms with E-state index in [0.29, 0.717) is 0 Å². The molecule has 2 rings (SSSR count). The molecule has 118 valence electrons. The number of aromatic nitrogens is 1. The van der Waals surface area contributed by atoms with Crippen molar-refractivity contribution in [1.82, 2.24) is 9.88 Å². The minimum atomic E-state index is 0.191. The highest BCUT2D eigenvalue weighted by Crippen LogP contribution is 2.38. The molecule has 21 heavy (non-hydrogen) atoms. The van der Waals surface area contributed by atoms with Crippen LogP contribution in [-0.2, 0) is 6.54 Å². The number of likely N-dealkylation sites (N-methyl/N-ethyl adjacent to an activating group) is 1. The summed E-state index contributed by atoms with van der Waals surface area (Å²) in [6.45, 7) is 7.29. The highest BCUT2D eigenvalue weighted by Gasteiger charge is 2.38. The summed E-state index contributed by atoms with van der Waals surface area (Å²) >= 11 is 0. The fourth-order valence-electron chi connectivity index (χ4n) is 3.86. The van der Waals surface area contributed by atoms with Crippen LogP contribution in [0.4, 0.5) is 0 Å². The fourth-order valence-corrected chi connectivity index (χ4v) is 3.86. The van der Waals surface area contributed by atoms with E-state index >= 15 is 0 Å². The normalized spacial score (nSPS) is 26.2. The maximum absolute atomic E-state index is 6.23. The van der Waals surface area contributed by atoms with Gasteiger partial charge in [-0.05, 0) is 50.3 Å². The minimum Gasteiger partial charge on any atom is -0.329 e. The third kappa shape index (κ3) is 4.04. The predicted octanol–water partition coefficient (Wildman–Crippen LogP) is 3.59. The zero-order chi connectivity index (χ0) is 15.1. The SMILES string of the molecule is CCCC1CCC(CN)(N(CC)Cc2ccccn2)CC1. The summed E-state index contributed by atoms with van der Waals surface area (Å²) in [4.78, 5) is 7.06. The summed E-state index contributed by atoms with van der Waals surface area (Å²) in [5, 5.41) is 0. The van der Waals surface area contributed by atoms with E-state index in [1.54, 1.807) is 0 Å². The molecular formula is C18H31N3. The molecule has 0 atom stereocenters. The molecule has 0 aliphatic heterocycles. The van der Waals surface area contributed by atoms with Crippen molar-refractivity contribution in [2.45, 2.75) is 64.5 Å². The Hall–Kier alpha value is -0.930. The van der Waals surface area contributed by atoms with Crippen molar-refractivity contribution in [2.75, 3.05) is 13.1 Å². The molecule has 1 heterocycles. The first-order valence-electron chi connectivity index (χ1n) is 8.59. The molecule has 0 radical (unpaired) electrons. The Morgan fingerprint density at radius 3 is 2.57 bits per heavy atom. The standard InChI is InChI=1S/C18H31N3/c1-3-7-16-9-11-18(15-19,12-10-16)21(4-2)14-17-8-5-6-13-20-17/h5-6,8,13,16H,3-4,7,9-12,14-15,19H2,1-2H3. The lowest BCUT2D eigenvalue weighted by Crippen LogP contribution is -2.55. The van der Waals surface area contributed by atoms with Gasteiger partial charge >= 0.3 is 0 Å². The van der Waals surface area contributed by atoms with Crippen molar-refractivity contribution in [1.29, 1.82) is 0 Å². The van der Waals surface area contributed by atoms with Crippen LogP contribution in [0.5, 0.6) is 0 Å². The van der Waals surface area contributed by atoms with Crippen LogP contribution in [0, 0.1) is 5.92 Å². The third-order valence-corrected chi connectivity index (χ3v) is 5.24. The number of hydrogen-bond acceptors (Lipinski definition) is 3. The number of nitrogens with two attached hydrogens (primary N) is 1. The van der Waals surface area contributed by atoms with Crippen molar-refractivity contribution < 1.29 is 0 Å². The first kappa shape index (κ1) is 16.4. The number of nitrogens with zero attached hydrogens (tertiary/aromatic N) is 2. The van der Waals surface area contributed by atoms with Crippen LogP contribution in [0.15, 0.2) is 24.4 Å². The summed E-state index contributed by atoms with van der Waals surface area (Å²) in [5.74, 6) is 0.920. The minimum absolute atomic E-state index is 0.191. The molecule has 3 heteroatoms. The van der Waals surface area contributed by atoms with Gasteiger partial charge in [0.2, 0.25) is 0 Å². The fraction of sp³-hybridized carbons (Fsp3) is 0.722. The average molecular weight is 289 g/mol. The average Bonchev–Trinajstić information content (AvgIpc) is 2.55. The lowest BCUT2D eigenvalue weighted by Gasteiger charge is -2.47. The van der Waals surface area contributed by atoms with Gasteiger partial charge in [-0.1, -0.05) is 32.8 Å². The zero-order valence-electron chi connectivity index (χ0n) is 13.7. The van der Waals surface area contributed by atoms with Crippen LogP contribution < -0.4 is 5.73 Å². The Morgan fingerprint density at radius 1 is 1.29 bits per heavy atom. The van der Waals surface area contributed by atoms with Gasteiger partial charge in [0.25, 0.3) is 0 Å². The van der Waals surface area contributed by atoms with E-state index in [1.165, 1.54) is 38.5 Å². The largest absolute Gasteiger partial charge is 0.329 e. The Kier molecular flexibility index (Phi) is 6.19. The van der Waals surface area contributed by atoms with Crippen molar-refractivity contribution in [3.8, 4) is 0 Å². The maximum atomic E-state index is 6.23. The molecule has 1 aliphatic carbocycles. The van der Waals surface area contributed by atoms with Gasteiger partial charge in [0.05, 0.1) is 5.69 Å². The van der Waals surface area contributed by atoms with Gasteiger partial charge < -0.3 is 5.73 Å². The molecule has 0 bridgehead atoms. The molecule has 0 aromatic carbocycles. The Bertz CT molecular complexity index is 396. The van der Waals surface area contributed by atoms with Crippen molar-refractivity contribution in [3.63, 3.8) is 0 Å². The quantitative estimate of drug-likeness (QED) is 0.834. The Balaban J connectivity index is 2.04. The topological polar surface area (TPSA) is 42.1 Å². The zero-order valence-corrected chi connectivity index (χ0v) is 13.7. The van der Waals surface area contributed by atoms with Crippen LogP contribution in [0.2, 0.25) is 0 Å². The highest BCUT2D eigenvalue weighted by atomic mass is 15.2. The van der Waals surface area contributed by atoms with E-state index < -0.39 is 0 Å². The van der Waals surface area contributed by atoms with E-state index in [1.807, 2.05) is 12.3 Å². The van der Waals surface area contributed by atoms with Gasteiger partial charge in [0.1, 0.15) is 0 Å². The van der Waals surface area contributed by atoms with Gasteiger partial charge in [-0.15, -0.1) is 0 Å². The van der Waals surface area contributed by atoms with Crippen molar-refractivity contribution in [2.24, 2.45) is 11.7 Å². The van der Waals surface area contributed by atoms with Crippen LogP contribution in [0.1, 0.15) is 58.1 Å². The molecule has 3 nitrogen and oxygen atoms in total. The van der Waals surface area contributed by atoms with E-state index in [2.05, 4.69) is 35.9 Å². The van der Waals surface area contributed by atoms with Crippen molar-refractivity contribution in [3.05, 3.63) is 30.1 Å². The van der Waals surface area contributed by atoms with Gasteiger partial charge in [-0.25, -0.2) is 0 Å². The highest BCUT2D eigenvalue weighted by molar-refractivity contribution is 5.05. The second-order valence-corrected chi connectivity index (χ2v) is 6.50. The summed E-state index contributed by atoms with van der Waals surface area (Å²) in [7, 11) is 0. The predicted molar refractivity (Wildman–Crippen MR) is 89.0 cm³/mol. The second-order valence-electron chi connectivity index (χ2n) is 6.50. The molecular weight excluding hydrogens is 258 g/mol. The summed E-state index contributed by atoms with van der Waals surface area (Å²) in [5.41, 5.74) is 7.57. The molecule has 0 amide bonds. The van der Waals surface area contributed by atoms with E-state index in [9.17, 15) is 0 Å². The van der Waals surface area contributed by atoms with Crippen LogP contribution in [0.3, 0.4) is 0 Å². The summed E-state index contributed by atoms with van der Waals surface area (Å²) in [6.07, 6.45) is 9.74. The molecule has 1 aromatic heterocycles.